The van der Waals surface area contributed by atoms with Crippen LogP contribution in [0.4, 0.5) is 26.7 Å². The molecule has 10 heteroatoms. The predicted molar refractivity (Wildman–Crippen MR) is 93.2 cm³/mol. The summed E-state index contributed by atoms with van der Waals surface area (Å²) < 4.78 is 79.2. The second-order valence-corrected chi connectivity index (χ2v) is 7.75. The molecule has 0 saturated carbocycles. The fourth-order valence-electron chi connectivity index (χ4n) is 3.04. The first-order valence-electron chi connectivity index (χ1n) is 8.90. The highest BCUT2D eigenvalue weighted by molar-refractivity contribution is 5.69. The summed E-state index contributed by atoms with van der Waals surface area (Å²) in [5, 5.41) is 3.78. The number of carbonyl (C=O) groups is 1. The Kier molecular flexibility index (Phi) is 5.08. The van der Waals surface area contributed by atoms with Crippen LogP contribution >= 0.6 is 0 Å². The third-order valence-corrected chi connectivity index (χ3v) is 4.35. The Labute approximate surface area is 164 Å². The largest absolute Gasteiger partial charge is 0.444 e. The van der Waals surface area contributed by atoms with Crippen LogP contribution in [-0.4, -0.2) is 39.0 Å². The van der Waals surface area contributed by atoms with Crippen LogP contribution in [0.5, 0.6) is 0 Å². The average Bonchev–Trinajstić information content (AvgIpc) is 2.86. The maximum Gasteiger partial charge on any atom is 0.415 e. The normalized spacial score (nSPS) is 18.1. The van der Waals surface area contributed by atoms with Crippen molar-refractivity contribution in [2.24, 2.45) is 0 Å². The lowest BCUT2D eigenvalue weighted by Gasteiger charge is -2.35. The van der Waals surface area contributed by atoms with Crippen molar-refractivity contribution >= 4 is 6.09 Å². The molecular formula is C19H20F5N3O2. The summed E-state index contributed by atoms with van der Waals surface area (Å²) in [6.45, 7) is 3.26. The molecule has 0 atom stereocenters. The van der Waals surface area contributed by atoms with Crippen molar-refractivity contribution in [3.05, 3.63) is 53.1 Å². The van der Waals surface area contributed by atoms with Crippen LogP contribution in [-0.2, 0) is 23.6 Å². The lowest BCUT2D eigenvalue weighted by atomic mass is 10.1. The standard InChI is InChI=1S/C19H20F5N3O2/c1-17(2,3)29-16(28)26-10-9-13-14(18(21,22)19(26,23)24)15(20)27(25-13)11-12-7-5-4-6-8-12/h4-8H,9-11H2,1-3H3. The highest BCUT2D eigenvalue weighted by Gasteiger charge is 2.67. The van der Waals surface area contributed by atoms with E-state index in [0.717, 1.165) is 0 Å². The fourth-order valence-corrected chi connectivity index (χ4v) is 3.04. The lowest BCUT2D eigenvalue weighted by molar-refractivity contribution is -0.281. The smallest absolute Gasteiger partial charge is 0.415 e. The van der Waals surface area contributed by atoms with E-state index in [-0.39, 0.29) is 11.4 Å². The molecule has 0 radical (unpaired) electrons. The van der Waals surface area contributed by atoms with Crippen molar-refractivity contribution in [1.29, 1.82) is 0 Å². The van der Waals surface area contributed by atoms with Gasteiger partial charge in [0, 0.05) is 13.0 Å². The number of hydrogen-bond donors (Lipinski definition) is 0. The summed E-state index contributed by atoms with van der Waals surface area (Å²) in [6.07, 6.45) is -2.08. The second-order valence-electron chi connectivity index (χ2n) is 7.75. The molecule has 1 aliphatic heterocycles. The molecule has 0 fully saturated rings. The van der Waals surface area contributed by atoms with Crippen LogP contribution in [0.2, 0.25) is 0 Å². The van der Waals surface area contributed by atoms with Gasteiger partial charge in [0.25, 0.3) is 0 Å². The van der Waals surface area contributed by atoms with E-state index in [0.29, 0.717) is 10.2 Å². The molecule has 2 aromatic rings. The number of alkyl halides is 4. The van der Waals surface area contributed by atoms with Crippen LogP contribution < -0.4 is 0 Å². The average molecular weight is 417 g/mol. The van der Waals surface area contributed by atoms with Gasteiger partial charge in [-0.05, 0) is 26.3 Å². The molecule has 1 amide bonds. The monoisotopic (exact) mass is 417 g/mol. The summed E-state index contributed by atoms with van der Waals surface area (Å²) >= 11 is 0. The fraction of sp³-hybridized carbons (Fsp3) is 0.474. The van der Waals surface area contributed by atoms with Crippen molar-refractivity contribution in [3.63, 3.8) is 0 Å². The number of aromatic nitrogens is 2. The first-order valence-corrected chi connectivity index (χ1v) is 8.90. The number of benzene rings is 1. The van der Waals surface area contributed by atoms with Crippen LogP contribution in [0.25, 0.3) is 0 Å². The number of rotatable bonds is 2. The Bertz CT molecular complexity index is 907. The van der Waals surface area contributed by atoms with Gasteiger partial charge in [-0.25, -0.2) is 14.4 Å². The predicted octanol–water partition coefficient (Wildman–Crippen LogP) is 4.55. The highest BCUT2D eigenvalue weighted by atomic mass is 19.3. The quantitative estimate of drug-likeness (QED) is 0.532. The topological polar surface area (TPSA) is 47.4 Å². The minimum absolute atomic E-state index is 0.197. The Morgan fingerprint density at radius 1 is 1.17 bits per heavy atom. The van der Waals surface area contributed by atoms with Crippen molar-refractivity contribution in [2.45, 2.75) is 51.3 Å². The molecule has 158 valence electrons. The zero-order valence-electron chi connectivity index (χ0n) is 16.1. The first-order chi connectivity index (χ1) is 13.3. The Morgan fingerprint density at radius 2 is 1.79 bits per heavy atom. The first kappa shape index (κ1) is 21.1. The summed E-state index contributed by atoms with van der Waals surface area (Å²) in [7, 11) is 0. The third kappa shape index (κ3) is 3.79. The zero-order chi connectivity index (χ0) is 21.6. The van der Waals surface area contributed by atoms with Crippen molar-refractivity contribution in [3.8, 4) is 0 Å². The van der Waals surface area contributed by atoms with Gasteiger partial charge in [-0.3, -0.25) is 0 Å². The van der Waals surface area contributed by atoms with E-state index in [2.05, 4.69) is 5.10 Å². The Balaban J connectivity index is 1.99. The molecule has 0 aliphatic carbocycles. The lowest BCUT2D eigenvalue weighted by Crippen LogP contribution is -2.55. The summed E-state index contributed by atoms with van der Waals surface area (Å²) in [4.78, 5) is 11.7. The van der Waals surface area contributed by atoms with E-state index in [1.807, 2.05) is 0 Å². The molecule has 2 heterocycles. The van der Waals surface area contributed by atoms with Crippen LogP contribution in [0.3, 0.4) is 0 Å². The molecule has 3 rings (SSSR count). The van der Waals surface area contributed by atoms with E-state index in [4.69, 9.17) is 4.74 Å². The van der Waals surface area contributed by atoms with Gasteiger partial charge in [0.2, 0.25) is 5.95 Å². The van der Waals surface area contributed by atoms with Crippen LogP contribution in [0.15, 0.2) is 30.3 Å². The van der Waals surface area contributed by atoms with E-state index in [9.17, 15) is 26.7 Å². The minimum Gasteiger partial charge on any atom is -0.444 e. The molecule has 1 aliphatic rings. The van der Waals surface area contributed by atoms with Crippen molar-refractivity contribution in [2.75, 3.05) is 6.54 Å². The van der Waals surface area contributed by atoms with Gasteiger partial charge in [-0.2, -0.15) is 27.1 Å². The molecule has 1 aromatic heterocycles. The molecule has 0 spiro atoms. The third-order valence-electron chi connectivity index (χ3n) is 4.35. The van der Waals surface area contributed by atoms with Gasteiger partial charge < -0.3 is 4.74 Å². The van der Waals surface area contributed by atoms with Gasteiger partial charge >= 0.3 is 18.1 Å². The molecule has 29 heavy (non-hydrogen) atoms. The maximum atomic E-state index is 14.8. The zero-order valence-corrected chi connectivity index (χ0v) is 16.1. The van der Waals surface area contributed by atoms with Crippen LogP contribution in [0.1, 0.15) is 37.6 Å². The van der Waals surface area contributed by atoms with Gasteiger partial charge in [0.1, 0.15) is 11.2 Å². The highest BCUT2D eigenvalue weighted by Crippen LogP contribution is 2.49. The summed E-state index contributed by atoms with van der Waals surface area (Å²) in [5.74, 6) is -6.55. The Hall–Kier alpha value is -2.65. The van der Waals surface area contributed by atoms with Crippen molar-refractivity contribution < 1.29 is 31.5 Å². The van der Waals surface area contributed by atoms with Gasteiger partial charge in [0.15, 0.2) is 0 Å². The molecule has 1 aromatic carbocycles. The van der Waals surface area contributed by atoms with Gasteiger partial charge in [-0.15, -0.1) is 0 Å². The summed E-state index contributed by atoms with van der Waals surface area (Å²) in [5.41, 5.74) is -2.62. The number of hydrogen-bond acceptors (Lipinski definition) is 3. The Morgan fingerprint density at radius 3 is 2.38 bits per heavy atom. The number of ether oxygens (including phenoxy) is 1. The van der Waals surface area contributed by atoms with E-state index >= 15 is 0 Å². The van der Waals surface area contributed by atoms with E-state index in [1.165, 1.54) is 20.8 Å². The number of amides is 1. The second kappa shape index (κ2) is 7.00. The molecule has 5 nitrogen and oxygen atoms in total. The number of nitrogens with zero attached hydrogens (tertiary/aromatic N) is 3. The minimum atomic E-state index is -5.00. The molecule has 0 unspecified atom stereocenters. The molecular weight excluding hydrogens is 397 g/mol. The number of halogens is 5. The maximum absolute atomic E-state index is 14.8. The number of fused-ring (bicyclic) bond motifs is 1. The molecule has 0 N–H and O–H groups in total. The molecule has 0 saturated heterocycles. The van der Waals surface area contributed by atoms with E-state index in [1.54, 1.807) is 30.3 Å². The van der Waals surface area contributed by atoms with E-state index < -0.39 is 53.8 Å². The summed E-state index contributed by atoms with van der Waals surface area (Å²) in [6, 6.07) is 3.32. The molecule has 0 bridgehead atoms. The van der Waals surface area contributed by atoms with Gasteiger partial charge in [-0.1, -0.05) is 30.3 Å². The number of carbonyl (C=O) groups excluding carboxylic acids is 1. The van der Waals surface area contributed by atoms with Crippen molar-refractivity contribution in [1.82, 2.24) is 14.7 Å². The van der Waals surface area contributed by atoms with Crippen LogP contribution in [0, 0.1) is 5.95 Å². The SMILES string of the molecule is CC(C)(C)OC(=O)N1CCc2nn(Cc3ccccc3)c(F)c2C(F)(F)C1(F)F. The van der Waals surface area contributed by atoms with Gasteiger partial charge in [0.05, 0.1) is 12.2 Å².